The molecular formula is C8H5Cl3N3O+. The second-order valence-corrected chi connectivity index (χ2v) is 5.11. The van der Waals surface area contributed by atoms with Gasteiger partial charge in [0.1, 0.15) is 0 Å². The molecule has 78 valence electrons. The van der Waals surface area contributed by atoms with Gasteiger partial charge in [0, 0.05) is 17.2 Å². The number of H-pyrrole nitrogens is 1. The number of nitrogens with one attached hydrogen (secondary N) is 1. The molecule has 0 fully saturated rings. The number of halogens is 3. The summed E-state index contributed by atoms with van der Waals surface area (Å²) in [6, 6.07) is 5.07. The van der Waals surface area contributed by atoms with Crippen molar-refractivity contribution < 1.29 is 4.52 Å². The normalized spacial score (nSPS) is 11.9. The average Bonchev–Trinajstić information content (AvgIpc) is 2.16. The fourth-order valence-electron chi connectivity index (χ4n) is 1.13. The molecule has 1 N–H and O–H groups in total. The van der Waals surface area contributed by atoms with Crippen LogP contribution in [0.5, 0.6) is 0 Å². The lowest BCUT2D eigenvalue weighted by Crippen LogP contribution is -2.37. The van der Waals surface area contributed by atoms with E-state index >= 15 is 0 Å². The standard InChI is InChI=1S/C8H4Cl3N3O/c9-8(10,11)7-12-6(15)5-3-1-2-4-14(5)13-7/h1-4H/p+1. The number of hydrogen-bond acceptors (Lipinski definition) is 2. The first-order chi connectivity index (χ1) is 6.98. The van der Waals surface area contributed by atoms with Gasteiger partial charge in [0.2, 0.25) is 12.0 Å². The van der Waals surface area contributed by atoms with Gasteiger partial charge in [-0.15, -0.1) is 0 Å². The van der Waals surface area contributed by atoms with Crippen molar-refractivity contribution in [2.45, 2.75) is 3.79 Å². The van der Waals surface area contributed by atoms with E-state index in [2.05, 4.69) is 10.1 Å². The second kappa shape index (κ2) is 3.63. The van der Waals surface area contributed by atoms with Crippen molar-refractivity contribution in [3.05, 3.63) is 40.6 Å². The van der Waals surface area contributed by atoms with Crippen molar-refractivity contribution >= 4 is 40.3 Å². The quantitative estimate of drug-likeness (QED) is 0.577. The first kappa shape index (κ1) is 10.7. The van der Waals surface area contributed by atoms with Crippen molar-refractivity contribution in [1.82, 2.24) is 10.1 Å². The van der Waals surface area contributed by atoms with Gasteiger partial charge in [-0.05, 0) is 10.6 Å². The average molecular weight is 266 g/mol. The molecule has 0 aliphatic rings. The Labute approximate surface area is 99.4 Å². The van der Waals surface area contributed by atoms with Crippen LogP contribution >= 0.6 is 34.8 Å². The highest BCUT2D eigenvalue weighted by Crippen LogP contribution is 2.34. The molecule has 0 aliphatic carbocycles. The van der Waals surface area contributed by atoms with Gasteiger partial charge in [0.25, 0.3) is 3.79 Å². The van der Waals surface area contributed by atoms with E-state index in [9.17, 15) is 4.79 Å². The first-order valence-electron chi connectivity index (χ1n) is 3.97. The molecule has 0 unspecified atom stereocenters. The third kappa shape index (κ3) is 2.07. The second-order valence-electron chi connectivity index (χ2n) is 2.83. The minimum absolute atomic E-state index is 0.0128. The lowest BCUT2D eigenvalue weighted by Gasteiger charge is -2.05. The molecule has 2 rings (SSSR count). The predicted molar refractivity (Wildman–Crippen MR) is 57.3 cm³/mol. The van der Waals surface area contributed by atoms with Crippen LogP contribution in [0.25, 0.3) is 5.52 Å². The van der Waals surface area contributed by atoms with Gasteiger partial charge in [-0.2, -0.15) is 0 Å². The number of aromatic nitrogens is 3. The Hall–Kier alpha value is -0.840. The van der Waals surface area contributed by atoms with Gasteiger partial charge in [0.05, 0.1) is 0 Å². The Morgan fingerprint density at radius 2 is 2.07 bits per heavy atom. The lowest BCUT2D eigenvalue weighted by atomic mass is 10.4. The highest BCUT2D eigenvalue weighted by molar-refractivity contribution is 6.66. The van der Waals surface area contributed by atoms with Crippen LogP contribution in [0, 0.1) is 0 Å². The summed E-state index contributed by atoms with van der Waals surface area (Å²) in [5, 5.41) is 3.97. The van der Waals surface area contributed by atoms with E-state index in [1.807, 2.05) is 0 Å². The van der Waals surface area contributed by atoms with Crippen molar-refractivity contribution in [3.63, 3.8) is 0 Å². The molecular weight excluding hydrogens is 260 g/mol. The zero-order valence-electron chi connectivity index (χ0n) is 7.25. The van der Waals surface area contributed by atoms with Crippen LogP contribution in [0.3, 0.4) is 0 Å². The smallest absolute Gasteiger partial charge is 0.296 e. The molecule has 0 bridgehead atoms. The molecule has 0 saturated heterocycles. The van der Waals surface area contributed by atoms with Crippen molar-refractivity contribution in [1.29, 1.82) is 0 Å². The lowest BCUT2D eigenvalue weighted by molar-refractivity contribution is -0.583. The van der Waals surface area contributed by atoms with E-state index in [4.69, 9.17) is 34.8 Å². The molecule has 0 aliphatic heterocycles. The van der Waals surface area contributed by atoms with E-state index in [-0.39, 0.29) is 11.4 Å². The molecule has 4 nitrogen and oxygen atoms in total. The van der Waals surface area contributed by atoms with Crippen LogP contribution in [0.15, 0.2) is 29.2 Å². The topological polar surface area (TPSA) is 49.9 Å². The third-order valence-corrected chi connectivity index (χ3v) is 2.32. The summed E-state index contributed by atoms with van der Waals surface area (Å²) < 4.78 is -0.383. The van der Waals surface area contributed by atoms with Crippen LogP contribution in [-0.2, 0) is 3.79 Å². The van der Waals surface area contributed by atoms with E-state index in [0.717, 1.165) is 0 Å². The molecule has 2 aromatic heterocycles. The summed E-state index contributed by atoms with van der Waals surface area (Å²) in [4.78, 5) is 14.0. The van der Waals surface area contributed by atoms with Crippen molar-refractivity contribution in [2.24, 2.45) is 0 Å². The third-order valence-electron chi connectivity index (χ3n) is 1.78. The van der Waals surface area contributed by atoms with Crippen molar-refractivity contribution in [3.8, 4) is 0 Å². The number of hydrogen-bond donors (Lipinski definition) is 1. The Bertz CT molecular complexity index is 561. The predicted octanol–water partition coefficient (Wildman–Crippen LogP) is 1.34. The maximum Gasteiger partial charge on any atom is 0.324 e. The highest BCUT2D eigenvalue weighted by atomic mass is 35.6. The maximum atomic E-state index is 11.6. The van der Waals surface area contributed by atoms with Crippen molar-refractivity contribution in [2.75, 3.05) is 0 Å². The molecule has 7 heteroatoms. The molecule has 2 aromatic rings. The molecule has 0 saturated carbocycles. The van der Waals surface area contributed by atoms with Crippen LogP contribution in [-0.4, -0.2) is 10.1 Å². The first-order valence-corrected chi connectivity index (χ1v) is 5.10. The summed E-state index contributed by atoms with van der Waals surface area (Å²) in [5.74, 6) is -0.0128. The number of pyridine rings is 1. The molecule has 0 atom stereocenters. The number of rotatable bonds is 0. The number of nitrogens with zero attached hydrogens (tertiary/aromatic N) is 2. The maximum absolute atomic E-state index is 11.6. The van der Waals surface area contributed by atoms with Crippen LogP contribution in [0.2, 0.25) is 0 Å². The van der Waals surface area contributed by atoms with Gasteiger partial charge in [0.15, 0.2) is 0 Å². The van der Waals surface area contributed by atoms with Crippen LogP contribution in [0.1, 0.15) is 5.82 Å². The minimum Gasteiger partial charge on any atom is -0.296 e. The van der Waals surface area contributed by atoms with Gasteiger partial charge in [-0.1, -0.05) is 34.8 Å². The fraction of sp³-hybridized carbons (Fsp3) is 0.125. The summed E-state index contributed by atoms with van der Waals surface area (Å²) >= 11 is 16.8. The van der Waals surface area contributed by atoms with Gasteiger partial charge < -0.3 is 0 Å². The zero-order chi connectivity index (χ0) is 11.1. The van der Waals surface area contributed by atoms with E-state index < -0.39 is 3.79 Å². The van der Waals surface area contributed by atoms with Crippen LogP contribution in [0.4, 0.5) is 0 Å². The Morgan fingerprint density at radius 1 is 1.33 bits per heavy atom. The Kier molecular flexibility index (Phi) is 2.58. The molecule has 0 amide bonds. The van der Waals surface area contributed by atoms with Gasteiger partial charge in [-0.25, -0.2) is 0 Å². The highest BCUT2D eigenvalue weighted by Gasteiger charge is 2.30. The van der Waals surface area contributed by atoms with Gasteiger partial charge in [-0.3, -0.25) is 9.78 Å². The summed E-state index contributed by atoms with van der Waals surface area (Å²) in [6.07, 6.45) is 1.60. The molecule has 0 radical (unpaired) electrons. The van der Waals surface area contributed by atoms with Gasteiger partial charge >= 0.3 is 11.1 Å². The van der Waals surface area contributed by atoms with Crippen LogP contribution < -0.4 is 10.1 Å². The number of alkyl halides is 3. The summed E-state index contributed by atoms with van der Waals surface area (Å²) in [6.45, 7) is 0. The van der Waals surface area contributed by atoms with E-state index in [1.165, 1.54) is 4.52 Å². The summed E-state index contributed by atoms with van der Waals surface area (Å²) in [7, 11) is 0. The molecule has 15 heavy (non-hydrogen) atoms. The largest absolute Gasteiger partial charge is 0.324 e. The van der Waals surface area contributed by atoms with E-state index in [0.29, 0.717) is 5.52 Å². The Balaban J connectivity index is 2.79. The zero-order valence-corrected chi connectivity index (χ0v) is 9.51. The molecule has 0 spiro atoms. The molecule has 2 heterocycles. The monoisotopic (exact) mass is 264 g/mol. The molecule has 0 aromatic carbocycles. The minimum atomic E-state index is -1.74. The fourth-order valence-corrected chi connectivity index (χ4v) is 1.39. The number of aromatic amines is 1. The van der Waals surface area contributed by atoms with E-state index in [1.54, 1.807) is 24.4 Å². The Morgan fingerprint density at radius 3 is 2.73 bits per heavy atom. The number of fused-ring (bicyclic) bond motifs is 1. The summed E-state index contributed by atoms with van der Waals surface area (Å²) in [5.41, 5.74) is 0.0300. The SMILES string of the molecule is O=c1[nH]c(C(Cl)(Cl)Cl)n[n+]2ccccc12.